The lowest BCUT2D eigenvalue weighted by atomic mass is 10.3. The number of hydrogen-bond acceptors (Lipinski definition) is 3. The maximum absolute atomic E-state index is 10.4. The molecule has 0 amide bonds. The molecule has 0 bridgehead atoms. The molecule has 0 fully saturated rings. The zero-order valence-electron chi connectivity index (χ0n) is 6.79. The zero-order chi connectivity index (χ0) is 8.39. The van der Waals surface area contributed by atoms with Crippen molar-refractivity contribution in [1.29, 1.82) is 0 Å². The number of hydrogen-bond donors (Lipinski definition) is 1. The largest absolute Gasteiger partial charge is 0.315 e. The van der Waals surface area contributed by atoms with E-state index in [1.165, 1.54) is 0 Å². The molecule has 0 spiro atoms. The molecule has 1 aliphatic rings. The summed E-state index contributed by atoms with van der Waals surface area (Å²) in [4.78, 5) is 10.4. The van der Waals surface area contributed by atoms with Gasteiger partial charge in [0.15, 0.2) is 6.29 Å². The number of rotatable bonds is 1. The lowest BCUT2D eigenvalue weighted by Crippen LogP contribution is -2.17. The van der Waals surface area contributed by atoms with Crippen molar-refractivity contribution in [1.82, 2.24) is 15.1 Å². The van der Waals surface area contributed by atoms with Crippen LogP contribution in [0.3, 0.4) is 0 Å². The number of fused-ring (bicyclic) bond motifs is 1. The molecule has 1 N–H and O–H groups in total. The molecule has 0 radical (unpaired) electrons. The highest BCUT2D eigenvalue weighted by atomic mass is 16.1. The number of nitrogens with one attached hydrogen (secondary N) is 1. The molecule has 0 aliphatic carbocycles. The van der Waals surface area contributed by atoms with Gasteiger partial charge in [-0.2, -0.15) is 5.10 Å². The van der Waals surface area contributed by atoms with Crippen LogP contribution in [-0.2, 0) is 13.0 Å². The Labute approximate surface area is 70.6 Å². The summed E-state index contributed by atoms with van der Waals surface area (Å²) in [5.41, 5.74) is 1.70. The van der Waals surface area contributed by atoms with Crippen LogP contribution in [0.4, 0.5) is 0 Å². The van der Waals surface area contributed by atoms with E-state index in [-0.39, 0.29) is 0 Å². The topological polar surface area (TPSA) is 46.9 Å². The number of nitrogens with zero attached hydrogens (tertiary/aromatic N) is 2. The van der Waals surface area contributed by atoms with Gasteiger partial charge in [0.1, 0.15) is 5.69 Å². The molecule has 0 aromatic carbocycles. The van der Waals surface area contributed by atoms with E-state index in [0.29, 0.717) is 5.69 Å². The monoisotopic (exact) mass is 165 g/mol. The fourth-order valence-corrected chi connectivity index (χ4v) is 1.46. The van der Waals surface area contributed by atoms with Gasteiger partial charge in [-0.3, -0.25) is 9.48 Å². The van der Waals surface area contributed by atoms with Gasteiger partial charge in [0.25, 0.3) is 0 Å². The Hall–Kier alpha value is -1.16. The molecular formula is C8H11N3O. The molecule has 0 saturated heterocycles. The Morgan fingerprint density at radius 1 is 1.58 bits per heavy atom. The maximum Gasteiger partial charge on any atom is 0.170 e. The molecule has 0 saturated carbocycles. The first-order valence-corrected chi connectivity index (χ1v) is 4.13. The van der Waals surface area contributed by atoms with E-state index < -0.39 is 0 Å². The van der Waals surface area contributed by atoms with Crippen molar-refractivity contribution in [2.75, 3.05) is 13.1 Å². The summed E-state index contributed by atoms with van der Waals surface area (Å²) in [6.45, 7) is 2.78. The molecule has 0 atom stereocenters. The van der Waals surface area contributed by atoms with Gasteiger partial charge in [0, 0.05) is 25.2 Å². The third-order valence-corrected chi connectivity index (χ3v) is 2.06. The predicted molar refractivity (Wildman–Crippen MR) is 44.2 cm³/mol. The molecule has 1 aliphatic heterocycles. The van der Waals surface area contributed by atoms with E-state index in [0.717, 1.165) is 38.0 Å². The normalized spacial score (nSPS) is 16.7. The fraction of sp³-hybridized carbons (Fsp3) is 0.500. The van der Waals surface area contributed by atoms with Crippen molar-refractivity contribution in [2.24, 2.45) is 0 Å². The van der Waals surface area contributed by atoms with Crippen molar-refractivity contribution in [3.05, 3.63) is 17.5 Å². The summed E-state index contributed by atoms with van der Waals surface area (Å²) in [5.74, 6) is 0. The van der Waals surface area contributed by atoms with E-state index in [1.807, 2.05) is 10.7 Å². The lowest BCUT2D eigenvalue weighted by molar-refractivity contribution is 0.111. The second-order valence-electron chi connectivity index (χ2n) is 2.90. The third-order valence-electron chi connectivity index (χ3n) is 2.06. The van der Waals surface area contributed by atoms with Gasteiger partial charge >= 0.3 is 0 Å². The Balaban J connectivity index is 2.32. The van der Waals surface area contributed by atoms with Gasteiger partial charge < -0.3 is 5.32 Å². The van der Waals surface area contributed by atoms with Gasteiger partial charge in [0.05, 0.1) is 6.54 Å². The predicted octanol–water partition coefficient (Wildman–Crippen LogP) is -0.159. The van der Waals surface area contributed by atoms with Crippen LogP contribution in [0.15, 0.2) is 6.07 Å². The van der Waals surface area contributed by atoms with Crippen LogP contribution in [0.5, 0.6) is 0 Å². The second-order valence-corrected chi connectivity index (χ2v) is 2.90. The molecule has 2 rings (SSSR count). The Morgan fingerprint density at radius 2 is 2.50 bits per heavy atom. The number of aromatic nitrogens is 2. The van der Waals surface area contributed by atoms with Crippen LogP contribution in [0.1, 0.15) is 16.2 Å². The molecule has 1 aromatic heterocycles. The van der Waals surface area contributed by atoms with Crippen molar-refractivity contribution in [2.45, 2.75) is 13.0 Å². The number of aldehydes is 1. The summed E-state index contributed by atoms with van der Waals surface area (Å²) in [6.07, 6.45) is 1.76. The molecular weight excluding hydrogens is 154 g/mol. The third kappa shape index (κ3) is 1.25. The first-order chi connectivity index (χ1) is 5.90. The van der Waals surface area contributed by atoms with Gasteiger partial charge in [-0.1, -0.05) is 0 Å². The van der Waals surface area contributed by atoms with Gasteiger partial charge in [0.2, 0.25) is 0 Å². The minimum atomic E-state index is 0.548. The van der Waals surface area contributed by atoms with E-state index in [4.69, 9.17) is 0 Å². The van der Waals surface area contributed by atoms with E-state index in [2.05, 4.69) is 10.4 Å². The van der Waals surface area contributed by atoms with Gasteiger partial charge in [-0.15, -0.1) is 0 Å². The first-order valence-electron chi connectivity index (χ1n) is 4.13. The summed E-state index contributed by atoms with van der Waals surface area (Å²) in [7, 11) is 0. The minimum Gasteiger partial charge on any atom is -0.315 e. The van der Waals surface area contributed by atoms with Crippen LogP contribution in [0.25, 0.3) is 0 Å². The van der Waals surface area contributed by atoms with Gasteiger partial charge in [-0.25, -0.2) is 0 Å². The summed E-state index contributed by atoms with van der Waals surface area (Å²) < 4.78 is 1.91. The zero-order valence-corrected chi connectivity index (χ0v) is 6.79. The lowest BCUT2D eigenvalue weighted by Gasteiger charge is -1.98. The molecule has 4 nitrogen and oxygen atoms in total. The van der Waals surface area contributed by atoms with E-state index in [9.17, 15) is 4.79 Å². The highest BCUT2D eigenvalue weighted by molar-refractivity contribution is 5.71. The molecule has 4 heteroatoms. The Bertz CT molecular complexity index is 269. The van der Waals surface area contributed by atoms with E-state index in [1.54, 1.807) is 0 Å². The molecule has 12 heavy (non-hydrogen) atoms. The SMILES string of the molecule is O=Cc1cc2n(n1)CCNCC2. The van der Waals surface area contributed by atoms with Crippen molar-refractivity contribution in [3.8, 4) is 0 Å². The van der Waals surface area contributed by atoms with Crippen LogP contribution in [-0.4, -0.2) is 29.2 Å². The molecule has 0 unspecified atom stereocenters. The van der Waals surface area contributed by atoms with Crippen molar-refractivity contribution < 1.29 is 4.79 Å². The minimum absolute atomic E-state index is 0.548. The fourth-order valence-electron chi connectivity index (χ4n) is 1.46. The van der Waals surface area contributed by atoms with Crippen LogP contribution in [0, 0.1) is 0 Å². The standard InChI is InChI=1S/C8H11N3O/c12-6-7-5-8-1-2-9-3-4-11(8)10-7/h5-6,9H,1-4H2. The van der Waals surface area contributed by atoms with Crippen LogP contribution in [0.2, 0.25) is 0 Å². The number of carbonyl (C=O) groups excluding carboxylic acids is 1. The quantitative estimate of drug-likeness (QED) is 0.588. The maximum atomic E-state index is 10.4. The van der Waals surface area contributed by atoms with Gasteiger partial charge in [-0.05, 0) is 6.07 Å². The second kappa shape index (κ2) is 3.06. The first kappa shape index (κ1) is 7.49. The summed E-state index contributed by atoms with van der Waals surface area (Å²) >= 11 is 0. The summed E-state index contributed by atoms with van der Waals surface area (Å²) in [6, 6.07) is 1.86. The molecule has 64 valence electrons. The smallest absolute Gasteiger partial charge is 0.170 e. The van der Waals surface area contributed by atoms with Crippen molar-refractivity contribution in [3.63, 3.8) is 0 Å². The highest BCUT2D eigenvalue weighted by Gasteiger charge is 2.09. The Kier molecular flexibility index (Phi) is 1.91. The average Bonchev–Trinajstić information content (AvgIpc) is 2.37. The molecule has 1 aromatic rings. The number of carbonyl (C=O) groups is 1. The average molecular weight is 165 g/mol. The van der Waals surface area contributed by atoms with Crippen LogP contribution >= 0.6 is 0 Å². The highest BCUT2D eigenvalue weighted by Crippen LogP contribution is 2.05. The summed E-state index contributed by atoms with van der Waals surface area (Å²) in [5, 5.41) is 7.41. The van der Waals surface area contributed by atoms with Crippen molar-refractivity contribution >= 4 is 6.29 Å². The molecule has 2 heterocycles. The van der Waals surface area contributed by atoms with E-state index >= 15 is 0 Å². The van der Waals surface area contributed by atoms with Crippen LogP contribution < -0.4 is 5.32 Å². The Morgan fingerprint density at radius 3 is 3.33 bits per heavy atom.